The highest BCUT2D eigenvalue weighted by molar-refractivity contribution is 9.10. The predicted octanol–water partition coefficient (Wildman–Crippen LogP) is 4.78. The summed E-state index contributed by atoms with van der Waals surface area (Å²) in [7, 11) is 0. The topological polar surface area (TPSA) is 60.1 Å². The Hall–Kier alpha value is -2.34. The molecule has 0 aliphatic rings. The standard InChI is InChI=1S/C20H22BrN3O2/c1-4-17(15-8-6-5-7-9-15)22-20(25)18-11-10-16(26-18)12-24-14(3)19(21)13(2)23-24/h5-11,17H,4,12H2,1-3H3,(H,22,25). The molecule has 3 rings (SSSR count). The van der Waals surface area contributed by atoms with E-state index in [-0.39, 0.29) is 11.9 Å². The second-order valence-corrected chi connectivity index (χ2v) is 7.05. The van der Waals surface area contributed by atoms with Crippen molar-refractivity contribution in [3.63, 3.8) is 0 Å². The number of furan rings is 1. The molecule has 0 aliphatic carbocycles. The number of halogens is 1. The van der Waals surface area contributed by atoms with Gasteiger partial charge in [0, 0.05) is 0 Å². The Balaban J connectivity index is 1.70. The molecule has 0 radical (unpaired) electrons. The lowest BCUT2D eigenvalue weighted by Crippen LogP contribution is -2.27. The molecule has 1 aromatic carbocycles. The second-order valence-electron chi connectivity index (χ2n) is 6.25. The van der Waals surface area contributed by atoms with Gasteiger partial charge < -0.3 is 9.73 Å². The highest BCUT2D eigenvalue weighted by Gasteiger charge is 2.17. The van der Waals surface area contributed by atoms with Crippen LogP contribution in [0.3, 0.4) is 0 Å². The average molecular weight is 416 g/mol. The molecular formula is C20H22BrN3O2. The van der Waals surface area contributed by atoms with E-state index < -0.39 is 0 Å². The fourth-order valence-electron chi connectivity index (χ4n) is 2.90. The number of rotatable bonds is 6. The number of amides is 1. The molecule has 6 heteroatoms. The van der Waals surface area contributed by atoms with Gasteiger partial charge in [-0.15, -0.1) is 0 Å². The fraction of sp³-hybridized carbons (Fsp3) is 0.300. The zero-order valence-electron chi connectivity index (χ0n) is 15.1. The Morgan fingerprint density at radius 1 is 1.23 bits per heavy atom. The maximum absolute atomic E-state index is 12.5. The van der Waals surface area contributed by atoms with Crippen molar-refractivity contribution in [3.8, 4) is 0 Å². The van der Waals surface area contributed by atoms with E-state index in [1.165, 1.54) is 0 Å². The summed E-state index contributed by atoms with van der Waals surface area (Å²) in [5.41, 5.74) is 3.04. The van der Waals surface area contributed by atoms with E-state index in [9.17, 15) is 4.79 Å². The number of aromatic nitrogens is 2. The van der Waals surface area contributed by atoms with E-state index in [0.29, 0.717) is 18.1 Å². The van der Waals surface area contributed by atoms with Crippen LogP contribution in [0, 0.1) is 13.8 Å². The number of carbonyl (C=O) groups excluding carboxylic acids is 1. The predicted molar refractivity (Wildman–Crippen MR) is 104 cm³/mol. The Labute approximate surface area is 161 Å². The molecule has 26 heavy (non-hydrogen) atoms. The molecule has 1 atom stereocenters. The lowest BCUT2D eigenvalue weighted by Gasteiger charge is -2.16. The van der Waals surface area contributed by atoms with Gasteiger partial charge in [0.05, 0.1) is 28.4 Å². The van der Waals surface area contributed by atoms with Crippen molar-refractivity contribution in [2.75, 3.05) is 0 Å². The van der Waals surface area contributed by atoms with Gasteiger partial charge in [0.1, 0.15) is 5.76 Å². The van der Waals surface area contributed by atoms with Gasteiger partial charge in [0.25, 0.3) is 5.91 Å². The van der Waals surface area contributed by atoms with Crippen LogP contribution in [0.5, 0.6) is 0 Å². The first-order chi connectivity index (χ1) is 12.5. The summed E-state index contributed by atoms with van der Waals surface area (Å²) in [6.45, 7) is 6.48. The quantitative estimate of drug-likeness (QED) is 0.629. The SMILES string of the molecule is CCC(NC(=O)c1ccc(Cn2nc(C)c(Br)c2C)o1)c1ccccc1. The molecule has 0 bridgehead atoms. The largest absolute Gasteiger partial charge is 0.454 e. The molecule has 1 amide bonds. The number of carbonyl (C=O) groups is 1. The van der Waals surface area contributed by atoms with Crippen LogP contribution in [0.2, 0.25) is 0 Å². The first kappa shape index (κ1) is 18.5. The zero-order chi connectivity index (χ0) is 18.7. The third kappa shape index (κ3) is 3.90. The average Bonchev–Trinajstić information content (AvgIpc) is 3.21. The van der Waals surface area contributed by atoms with Gasteiger partial charge in [-0.25, -0.2) is 0 Å². The van der Waals surface area contributed by atoms with Gasteiger partial charge in [0.15, 0.2) is 5.76 Å². The van der Waals surface area contributed by atoms with Gasteiger partial charge in [-0.05, 0) is 53.9 Å². The summed E-state index contributed by atoms with van der Waals surface area (Å²) < 4.78 is 8.60. The van der Waals surface area contributed by atoms with Crippen LogP contribution in [0.1, 0.15) is 52.7 Å². The van der Waals surface area contributed by atoms with Crippen LogP contribution in [0.4, 0.5) is 0 Å². The summed E-state index contributed by atoms with van der Waals surface area (Å²) in [6.07, 6.45) is 0.809. The van der Waals surface area contributed by atoms with Gasteiger partial charge >= 0.3 is 0 Å². The van der Waals surface area contributed by atoms with Crippen molar-refractivity contribution in [1.82, 2.24) is 15.1 Å². The molecule has 0 aliphatic heterocycles. The monoisotopic (exact) mass is 415 g/mol. The highest BCUT2D eigenvalue weighted by atomic mass is 79.9. The molecule has 0 spiro atoms. The number of nitrogens with zero attached hydrogens (tertiary/aromatic N) is 2. The molecule has 0 saturated carbocycles. The van der Waals surface area contributed by atoms with Crippen LogP contribution in [-0.2, 0) is 6.54 Å². The first-order valence-electron chi connectivity index (χ1n) is 8.63. The number of hydrogen-bond donors (Lipinski definition) is 1. The van der Waals surface area contributed by atoms with Gasteiger partial charge in [-0.2, -0.15) is 5.10 Å². The fourth-order valence-corrected chi connectivity index (χ4v) is 3.18. The molecule has 1 N–H and O–H groups in total. The number of benzene rings is 1. The summed E-state index contributed by atoms with van der Waals surface area (Å²) in [5.74, 6) is 0.803. The number of hydrogen-bond acceptors (Lipinski definition) is 3. The van der Waals surface area contributed by atoms with Crippen molar-refractivity contribution in [2.45, 2.75) is 39.8 Å². The summed E-state index contributed by atoms with van der Waals surface area (Å²) in [6, 6.07) is 13.4. The maximum atomic E-state index is 12.5. The summed E-state index contributed by atoms with van der Waals surface area (Å²) in [4.78, 5) is 12.5. The van der Waals surface area contributed by atoms with Crippen LogP contribution in [-0.4, -0.2) is 15.7 Å². The molecule has 1 unspecified atom stereocenters. The minimum atomic E-state index is -0.207. The summed E-state index contributed by atoms with van der Waals surface area (Å²) in [5, 5.41) is 7.51. The van der Waals surface area contributed by atoms with Crippen LogP contribution in [0.15, 0.2) is 51.4 Å². The minimum absolute atomic E-state index is 0.0378. The van der Waals surface area contributed by atoms with Crippen LogP contribution >= 0.6 is 15.9 Å². The van der Waals surface area contributed by atoms with Gasteiger partial charge in [-0.3, -0.25) is 9.48 Å². The van der Waals surface area contributed by atoms with Gasteiger partial charge in [0.2, 0.25) is 0 Å². The Kier molecular flexibility index (Phi) is 5.61. The van der Waals surface area contributed by atoms with Crippen molar-refractivity contribution in [2.24, 2.45) is 0 Å². The summed E-state index contributed by atoms with van der Waals surface area (Å²) >= 11 is 3.52. The normalized spacial score (nSPS) is 12.2. The maximum Gasteiger partial charge on any atom is 0.287 e. The Morgan fingerprint density at radius 3 is 2.58 bits per heavy atom. The first-order valence-corrected chi connectivity index (χ1v) is 9.43. The van der Waals surface area contributed by atoms with Crippen molar-refractivity contribution in [1.29, 1.82) is 0 Å². The van der Waals surface area contributed by atoms with Crippen molar-refractivity contribution < 1.29 is 9.21 Å². The molecular weight excluding hydrogens is 394 g/mol. The lowest BCUT2D eigenvalue weighted by molar-refractivity contribution is 0.0905. The minimum Gasteiger partial charge on any atom is -0.454 e. The van der Waals surface area contributed by atoms with Crippen molar-refractivity contribution in [3.05, 3.63) is 75.4 Å². The molecule has 136 valence electrons. The Morgan fingerprint density at radius 2 is 1.96 bits per heavy atom. The van der Waals surface area contributed by atoms with E-state index in [1.807, 2.05) is 61.9 Å². The third-order valence-electron chi connectivity index (χ3n) is 4.40. The van der Waals surface area contributed by atoms with Crippen LogP contribution in [0.25, 0.3) is 0 Å². The van der Waals surface area contributed by atoms with Gasteiger partial charge in [-0.1, -0.05) is 37.3 Å². The van der Waals surface area contributed by atoms with E-state index in [1.54, 1.807) is 6.07 Å². The third-order valence-corrected chi connectivity index (χ3v) is 5.55. The lowest BCUT2D eigenvalue weighted by atomic mass is 10.0. The van der Waals surface area contributed by atoms with E-state index in [2.05, 4.69) is 26.3 Å². The van der Waals surface area contributed by atoms with Crippen molar-refractivity contribution >= 4 is 21.8 Å². The van der Waals surface area contributed by atoms with E-state index in [0.717, 1.165) is 27.8 Å². The number of nitrogens with one attached hydrogen (secondary N) is 1. The number of aryl methyl sites for hydroxylation is 1. The molecule has 2 aromatic heterocycles. The van der Waals surface area contributed by atoms with E-state index in [4.69, 9.17) is 4.42 Å². The molecule has 2 heterocycles. The highest BCUT2D eigenvalue weighted by Crippen LogP contribution is 2.22. The van der Waals surface area contributed by atoms with E-state index >= 15 is 0 Å². The Bertz CT molecular complexity index is 899. The molecule has 5 nitrogen and oxygen atoms in total. The smallest absolute Gasteiger partial charge is 0.287 e. The second kappa shape index (κ2) is 7.91. The van der Waals surface area contributed by atoms with Crippen LogP contribution < -0.4 is 5.32 Å². The molecule has 0 fully saturated rings. The molecule has 0 saturated heterocycles. The molecule has 3 aromatic rings. The zero-order valence-corrected chi connectivity index (χ0v) is 16.7.